The van der Waals surface area contributed by atoms with Gasteiger partial charge in [0.05, 0.1) is 11.7 Å². The fourth-order valence-electron chi connectivity index (χ4n) is 3.87. The monoisotopic (exact) mass is 415 g/mol. The van der Waals surface area contributed by atoms with Crippen LogP contribution in [0.25, 0.3) is 11.0 Å². The predicted molar refractivity (Wildman–Crippen MR) is 111 cm³/mol. The molecule has 3 aromatic rings. The van der Waals surface area contributed by atoms with Crippen LogP contribution in [0.3, 0.4) is 0 Å². The Morgan fingerprint density at radius 2 is 1.83 bits per heavy atom. The molecule has 1 fully saturated rings. The summed E-state index contributed by atoms with van der Waals surface area (Å²) in [5.41, 5.74) is 1.37. The molecule has 0 bridgehead atoms. The van der Waals surface area contributed by atoms with E-state index < -0.39 is 17.8 Å². The van der Waals surface area contributed by atoms with E-state index in [1.807, 2.05) is 19.9 Å². The Morgan fingerprint density at radius 1 is 1.07 bits per heavy atom. The molecule has 0 aliphatic carbocycles. The van der Waals surface area contributed by atoms with Gasteiger partial charge in [-0.05, 0) is 44.7 Å². The van der Waals surface area contributed by atoms with Crippen LogP contribution >= 0.6 is 0 Å². The molecule has 1 unspecified atom stereocenters. The molecule has 1 aliphatic rings. The van der Waals surface area contributed by atoms with Crippen molar-refractivity contribution in [3.63, 3.8) is 0 Å². The summed E-state index contributed by atoms with van der Waals surface area (Å²) in [5, 5.41) is 3.33. The summed E-state index contributed by atoms with van der Waals surface area (Å²) in [6.45, 7) is 5.20. The number of piperidine rings is 1. The van der Waals surface area contributed by atoms with Crippen LogP contribution in [0.4, 0.5) is 24.8 Å². The van der Waals surface area contributed by atoms with Gasteiger partial charge in [0, 0.05) is 37.0 Å². The lowest BCUT2D eigenvalue weighted by atomic mass is 9.88. The van der Waals surface area contributed by atoms with Gasteiger partial charge in [-0.25, -0.2) is 23.1 Å². The Kier molecular flexibility index (Phi) is 5.74. The van der Waals surface area contributed by atoms with Crippen LogP contribution in [-0.4, -0.2) is 34.1 Å². The molecule has 8 heteroatoms. The van der Waals surface area contributed by atoms with E-state index in [2.05, 4.69) is 20.2 Å². The maximum Gasteiger partial charge on any atom is 0.172 e. The highest BCUT2D eigenvalue weighted by Gasteiger charge is 2.31. The van der Waals surface area contributed by atoms with Gasteiger partial charge in [-0.1, -0.05) is 6.07 Å². The summed E-state index contributed by atoms with van der Waals surface area (Å²) in [4.78, 5) is 15.6. The van der Waals surface area contributed by atoms with Crippen LogP contribution < -0.4 is 10.2 Å². The first-order valence-corrected chi connectivity index (χ1v) is 10.1. The zero-order valence-corrected chi connectivity index (χ0v) is 16.9. The molecular weight excluding hydrogens is 391 g/mol. The fourth-order valence-corrected chi connectivity index (χ4v) is 3.87. The van der Waals surface area contributed by atoms with E-state index in [-0.39, 0.29) is 17.5 Å². The number of halogens is 3. The number of benzene rings is 1. The van der Waals surface area contributed by atoms with E-state index in [0.29, 0.717) is 37.3 Å². The SMILES string of the molecule is CC(C)Nc1nc2cnccc2nc1N1CCC(C(F)c2ccc(F)cc2F)CC1. The molecule has 1 aromatic carbocycles. The predicted octanol–water partition coefficient (Wildman–Crippen LogP) is 5.05. The Bertz CT molecular complexity index is 1030. The molecule has 5 nitrogen and oxygen atoms in total. The van der Waals surface area contributed by atoms with Gasteiger partial charge in [0.25, 0.3) is 0 Å². The quantitative estimate of drug-likeness (QED) is 0.632. The Hall–Kier alpha value is -2.90. The van der Waals surface area contributed by atoms with Gasteiger partial charge in [0.1, 0.15) is 23.3 Å². The summed E-state index contributed by atoms with van der Waals surface area (Å²) in [6, 6.07) is 5.02. The van der Waals surface area contributed by atoms with Gasteiger partial charge in [0.2, 0.25) is 0 Å². The standard InChI is InChI=1S/C22H24F3N5/c1-13(2)27-21-22(29-18-5-8-26-12-19(18)28-21)30-9-6-14(7-10-30)20(25)16-4-3-15(23)11-17(16)24/h3-5,8,11-14,20H,6-7,9-10H2,1-2H3,(H,27,28). The summed E-state index contributed by atoms with van der Waals surface area (Å²) in [6.07, 6.45) is 2.96. The minimum Gasteiger partial charge on any atom is -0.365 e. The van der Waals surface area contributed by atoms with E-state index in [1.54, 1.807) is 12.4 Å². The van der Waals surface area contributed by atoms with Crippen LogP contribution in [0.2, 0.25) is 0 Å². The molecule has 30 heavy (non-hydrogen) atoms. The Balaban J connectivity index is 1.54. The second-order valence-corrected chi connectivity index (χ2v) is 7.95. The molecule has 0 amide bonds. The number of nitrogens with zero attached hydrogens (tertiary/aromatic N) is 4. The third-order valence-electron chi connectivity index (χ3n) is 5.39. The van der Waals surface area contributed by atoms with E-state index in [1.165, 1.54) is 6.07 Å². The molecule has 1 aliphatic heterocycles. The highest BCUT2D eigenvalue weighted by atomic mass is 19.1. The van der Waals surface area contributed by atoms with E-state index in [0.717, 1.165) is 23.5 Å². The van der Waals surface area contributed by atoms with Crippen molar-refractivity contribution in [2.75, 3.05) is 23.3 Å². The van der Waals surface area contributed by atoms with E-state index >= 15 is 0 Å². The molecule has 2 aromatic heterocycles. The molecule has 0 radical (unpaired) electrons. The normalized spacial score (nSPS) is 16.3. The van der Waals surface area contributed by atoms with Gasteiger partial charge in [-0.2, -0.15) is 0 Å². The van der Waals surface area contributed by atoms with Crippen LogP contribution in [0.15, 0.2) is 36.7 Å². The van der Waals surface area contributed by atoms with Gasteiger partial charge in [-0.15, -0.1) is 0 Å². The van der Waals surface area contributed by atoms with Crippen LogP contribution in [-0.2, 0) is 0 Å². The smallest absolute Gasteiger partial charge is 0.172 e. The van der Waals surface area contributed by atoms with E-state index in [9.17, 15) is 13.2 Å². The van der Waals surface area contributed by atoms with Crippen molar-refractivity contribution in [1.82, 2.24) is 15.0 Å². The molecule has 3 heterocycles. The topological polar surface area (TPSA) is 53.9 Å². The van der Waals surface area contributed by atoms with E-state index in [4.69, 9.17) is 4.98 Å². The number of pyridine rings is 1. The summed E-state index contributed by atoms with van der Waals surface area (Å²) in [7, 11) is 0. The number of aromatic nitrogens is 3. The number of rotatable bonds is 5. The number of hydrogen-bond acceptors (Lipinski definition) is 5. The zero-order chi connectivity index (χ0) is 21.3. The van der Waals surface area contributed by atoms with Crippen molar-refractivity contribution >= 4 is 22.7 Å². The summed E-state index contributed by atoms with van der Waals surface area (Å²) >= 11 is 0. The molecule has 0 saturated carbocycles. The second-order valence-electron chi connectivity index (χ2n) is 7.95. The van der Waals surface area contributed by atoms with Crippen molar-refractivity contribution in [2.45, 2.75) is 38.9 Å². The zero-order valence-electron chi connectivity index (χ0n) is 16.9. The van der Waals surface area contributed by atoms with Gasteiger partial charge < -0.3 is 10.2 Å². The first-order chi connectivity index (χ1) is 14.4. The molecule has 1 saturated heterocycles. The van der Waals surface area contributed by atoms with Crippen LogP contribution in [0, 0.1) is 17.6 Å². The van der Waals surface area contributed by atoms with Crippen molar-refractivity contribution < 1.29 is 13.2 Å². The lowest BCUT2D eigenvalue weighted by molar-refractivity contribution is 0.193. The van der Waals surface area contributed by atoms with Crippen molar-refractivity contribution in [3.8, 4) is 0 Å². The largest absolute Gasteiger partial charge is 0.365 e. The first-order valence-electron chi connectivity index (χ1n) is 10.1. The molecule has 0 spiro atoms. The molecule has 1 atom stereocenters. The number of hydrogen-bond donors (Lipinski definition) is 1. The van der Waals surface area contributed by atoms with Crippen molar-refractivity contribution in [3.05, 3.63) is 53.9 Å². The average molecular weight is 415 g/mol. The number of anilines is 2. The first kappa shape index (κ1) is 20.4. The highest BCUT2D eigenvalue weighted by Crippen LogP contribution is 2.37. The Labute approximate surface area is 173 Å². The lowest BCUT2D eigenvalue weighted by Gasteiger charge is -2.35. The van der Waals surface area contributed by atoms with Crippen molar-refractivity contribution in [1.29, 1.82) is 0 Å². The van der Waals surface area contributed by atoms with Gasteiger partial charge >= 0.3 is 0 Å². The Morgan fingerprint density at radius 3 is 2.53 bits per heavy atom. The maximum absolute atomic E-state index is 15.0. The highest BCUT2D eigenvalue weighted by molar-refractivity contribution is 5.79. The third-order valence-corrected chi connectivity index (χ3v) is 5.39. The lowest BCUT2D eigenvalue weighted by Crippen LogP contribution is -2.36. The fraction of sp³-hybridized carbons (Fsp3) is 0.409. The summed E-state index contributed by atoms with van der Waals surface area (Å²) < 4.78 is 42.1. The minimum atomic E-state index is -1.46. The maximum atomic E-state index is 15.0. The number of alkyl halides is 1. The average Bonchev–Trinajstić information content (AvgIpc) is 2.72. The third kappa shape index (κ3) is 4.17. The van der Waals surface area contributed by atoms with Crippen molar-refractivity contribution in [2.24, 2.45) is 5.92 Å². The van der Waals surface area contributed by atoms with Gasteiger partial charge in [-0.3, -0.25) is 4.98 Å². The minimum absolute atomic E-state index is 0.0741. The molecule has 158 valence electrons. The number of fused-ring (bicyclic) bond motifs is 1. The van der Waals surface area contributed by atoms with Crippen LogP contribution in [0.1, 0.15) is 38.4 Å². The van der Waals surface area contributed by atoms with Gasteiger partial charge in [0.15, 0.2) is 11.6 Å². The number of nitrogens with one attached hydrogen (secondary N) is 1. The summed E-state index contributed by atoms with van der Waals surface area (Å²) in [5.74, 6) is -0.467. The molecular formula is C22H24F3N5. The molecule has 4 rings (SSSR count). The molecule has 1 N–H and O–H groups in total. The van der Waals surface area contributed by atoms with Crippen LogP contribution in [0.5, 0.6) is 0 Å². The second kappa shape index (κ2) is 8.45.